The Labute approximate surface area is 86.9 Å². The van der Waals surface area contributed by atoms with Gasteiger partial charge in [-0.3, -0.25) is 0 Å². The van der Waals surface area contributed by atoms with Crippen LogP contribution >= 0.6 is 15.9 Å². The van der Waals surface area contributed by atoms with Crippen LogP contribution in [0.4, 0.5) is 0 Å². The number of halogens is 1. The van der Waals surface area contributed by atoms with Gasteiger partial charge in [0.1, 0.15) is 0 Å². The highest BCUT2D eigenvalue weighted by molar-refractivity contribution is 9.10. The fourth-order valence-corrected chi connectivity index (χ4v) is 1.85. The number of hydrogen-bond donors (Lipinski definition) is 1. The van der Waals surface area contributed by atoms with E-state index in [4.69, 9.17) is 0 Å². The first kappa shape index (κ1) is 9.22. The van der Waals surface area contributed by atoms with Crippen LogP contribution < -0.4 is 0 Å². The van der Waals surface area contributed by atoms with Crippen LogP contribution in [0.5, 0.6) is 0 Å². The van der Waals surface area contributed by atoms with Gasteiger partial charge < -0.3 is 5.11 Å². The number of rotatable bonds is 1. The fraction of sp³-hybridized carbons (Fsp3) is 0.455. The molecule has 2 heteroatoms. The minimum absolute atomic E-state index is 0.504. The number of benzene rings is 1. The maximum Gasteiger partial charge on any atom is 0.0899 e. The SMILES string of the molecule is Cc1cc(C2(O)CC2)cc(C)c1Br. The predicted molar refractivity (Wildman–Crippen MR) is 56.7 cm³/mol. The smallest absolute Gasteiger partial charge is 0.0899 e. The van der Waals surface area contributed by atoms with Crippen LogP contribution in [0.2, 0.25) is 0 Å². The molecule has 2 rings (SSSR count). The van der Waals surface area contributed by atoms with Gasteiger partial charge in [-0.05, 0) is 43.4 Å². The quantitative estimate of drug-likeness (QED) is 0.801. The Morgan fingerprint density at radius 3 is 2.08 bits per heavy atom. The maximum absolute atomic E-state index is 9.92. The van der Waals surface area contributed by atoms with Crippen molar-refractivity contribution in [1.29, 1.82) is 0 Å². The Bertz CT molecular complexity index is 330. The molecule has 0 spiro atoms. The summed E-state index contributed by atoms with van der Waals surface area (Å²) < 4.78 is 1.15. The largest absolute Gasteiger partial charge is 0.385 e. The van der Waals surface area contributed by atoms with Crippen LogP contribution in [-0.4, -0.2) is 5.11 Å². The second kappa shape index (κ2) is 2.82. The Balaban J connectivity index is 2.50. The van der Waals surface area contributed by atoms with Crippen LogP contribution in [0, 0.1) is 13.8 Å². The molecular formula is C11H13BrO. The average molecular weight is 241 g/mol. The molecule has 0 amide bonds. The monoisotopic (exact) mass is 240 g/mol. The van der Waals surface area contributed by atoms with Crippen LogP contribution in [0.1, 0.15) is 29.5 Å². The van der Waals surface area contributed by atoms with E-state index in [1.54, 1.807) is 0 Å². The fourth-order valence-electron chi connectivity index (χ4n) is 1.62. The first-order valence-corrected chi connectivity index (χ1v) is 5.32. The summed E-state index contributed by atoms with van der Waals surface area (Å²) in [6, 6.07) is 4.15. The average Bonchev–Trinajstić information content (AvgIpc) is 2.80. The summed E-state index contributed by atoms with van der Waals surface area (Å²) in [7, 11) is 0. The minimum Gasteiger partial charge on any atom is -0.385 e. The van der Waals surface area contributed by atoms with Gasteiger partial charge in [0.05, 0.1) is 5.60 Å². The van der Waals surface area contributed by atoms with Crippen molar-refractivity contribution in [2.75, 3.05) is 0 Å². The van der Waals surface area contributed by atoms with Crippen molar-refractivity contribution in [3.8, 4) is 0 Å². The van der Waals surface area contributed by atoms with Gasteiger partial charge in [0.15, 0.2) is 0 Å². The zero-order chi connectivity index (χ0) is 9.64. The van der Waals surface area contributed by atoms with E-state index in [0.717, 1.165) is 22.9 Å². The van der Waals surface area contributed by atoms with Crippen molar-refractivity contribution in [2.45, 2.75) is 32.3 Å². The molecule has 1 aromatic rings. The van der Waals surface area contributed by atoms with E-state index in [2.05, 4.69) is 41.9 Å². The van der Waals surface area contributed by atoms with Gasteiger partial charge in [-0.25, -0.2) is 0 Å². The van der Waals surface area contributed by atoms with Crippen molar-refractivity contribution < 1.29 is 5.11 Å². The Morgan fingerprint density at radius 2 is 1.69 bits per heavy atom. The molecule has 0 aliphatic heterocycles. The molecule has 70 valence electrons. The molecule has 0 saturated heterocycles. The van der Waals surface area contributed by atoms with E-state index in [1.807, 2.05) is 0 Å². The second-order valence-corrected chi connectivity index (χ2v) is 4.75. The van der Waals surface area contributed by atoms with Gasteiger partial charge in [0.25, 0.3) is 0 Å². The molecule has 1 nitrogen and oxygen atoms in total. The van der Waals surface area contributed by atoms with Crippen LogP contribution in [-0.2, 0) is 5.60 Å². The Hall–Kier alpha value is -0.340. The molecule has 0 unspecified atom stereocenters. The lowest BCUT2D eigenvalue weighted by atomic mass is 10.0. The summed E-state index contributed by atoms with van der Waals surface area (Å²) in [5.74, 6) is 0. The van der Waals surface area contributed by atoms with E-state index >= 15 is 0 Å². The standard InChI is InChI=1S/C11H13BrO/c1-7-5-9(11(13)3-4-11)6-8(2)10(7)12/h5-6,13H,3-4H2,1-2H3. The zero-order valence-electron chi connectivity index (χ0n) is 7.89. The van der Waals surface area contributed by atoms with E-state index in [9.17, 15) is 5.11 Å². The van der Waals surface area contributed by atoms with Gasteiger partial charge in [-0.2, -0.15) is 0 Å². The van der Waals surface area contributed by atoms with Crippen LogP contribution in [0.15, 0.2) is 16.6 Å². The molecule has 1 saturated carbocycles. The molecule has 1 fully saturated rings. The summed E-state index contributed by atoms with van der Waals surface area (Å²) in [6.45, 7) is 4.12. The second-order valence-electron chi connectivity index (χ2n) is 3.96. The highest BCUT2D eigenvalue weighted by Crippen LogP contribution is 2.46. The first-order valence-electron chi connectivity index (χ1n) is 4.52. The molecule has 1 N–H and O–H groups in total. The molecule has 0 heterocycles. The van der Waals surface area contributed by atoms with Crippen molar-refractivity contribution >= 4 is 15.9 Å². The maximum atomic E-state index is 9.92. The molecule has 0 radical (unpaired) electrons. The third-order valence-electron chi connectivity index (χ3n) is 2.70. The molecule has 0 bridgehead atoms. The summed E-state index contributed by atoms with van der Waals surface area (Å²) in [4.78, 5) is 0. The van der Waals surface area contributed by atoms with Crippen molar-refractivity contribution in [3.05, 3.63) is 33.3 Å². The Morgan fingerprint density at radius 1 is 1.23 bits per heavy atom. The molecular weight excluding hydrogens is 228 g/mol. The van der Waals surface area contributed by atoms with Crippen molar-refractivity contribution in [1.82, 2.24) is 0 Å². The highest BCUT2D eigenvalue weighted by atomic mass is 79.9. The van der Waals surface area contributed by atoms with Gasteiger partial charge in [0.2, 0.25) is 0 Å². The Kier molecular flexibility index (Phi) is 2.00. The molecule has 1 aromatic carbocycles. The van der Waals surface area contributed by atoms with Crippen LogP contribution in [0.3, 0.4) is 0 Å². The third kappa shape index (κ3) is 1.53. The van der Waals surface area contributed by atoms with E-state index in [1.165, 1.54) is 11.1 Å². The van der Waals surface area contributed by atoms with Crippen LogP contribution in [0.25, 0.3) is 0 Å². The lowest BCUT2D eigenvalue weighted by Gasteiger charge is -2.12. The molecule has 1 aliphatic carbocycles. The summed E-state index contributed by atoms with van der Waals surface area (Å²) in [5, 5.41) is 9.92. The normalized spacial score (nSPS) is 18.8. The minimum atomic E-state index is -0.504. The summed E-state index contributed by atoms with van der Waals surface area (Å²) >= 11 is 3.52. The molecule has 0 aromatic heterocycles. The zero-order valence-corrected chi connectivity index (χ0v) is 9.48. The molecule has 0 atom stereocenters. The predicted octanol–water partition coefficient (Wildman–Crippen LogP) is 3.05. The van der Waals surface area contributed by atoms with Gasteiger partial charge in [-0.1, -0.05) is 28.1 Å². The first-order chi connectivity index (χ1) is 6.03. The topological polar surface area (TPSA) is 20.2 Å². The number of aryl methyl sites for hydroxylation is 2. The number of aliphatic hydroxyl groups is 1. The summed E-state index contributed by atoms with van der Waals surface area (Å²) in [6.07, 6.45) is 1.82. The molecule has 1 aliphatic rings. The number of hydrogen-bond acceptors (Lipinski definition) is 1. The van der Waals surface area contributed by atoms with Gasteiger partial charge in [0, 0.05) is 4.47 Å². The van der Waals surface area contributed by atoms with Gasteiger partial charge in [-0.15, -0.1) is 0 Å². The lowest BCUT2D eigenvalue weighted by Crippen LogP contribution is -2.05. The summed E-state index contributed by atoms with van der Waals surface area (Å²) in [5.41, 5.74) is 2.98. The van der Waals surface area contributed by atoms with E-state index in [-0.39, 0.29) is 0 Å². The highest BCUT2D eigenvalue weighted by Gasteiger charge is 2.42. The van der Waals surface area contributed by atoms with E-state index < -0.39 is 5.60 Å². The van der Waals surface area contributed by atoms with E-state index in [0.29, 0.717) is 0 Å². The van der Waals surface area contributed by atoms with Crippen molar-refractivity contribution in [3.63, 3.8) is 0 Å². The molecule has 13 heavy (non-hydrogen) atoms. The third-order valence-corrected chi connectivity index (χ3v) is 3.95. The van der Waals surface area contributed by atoms with Crippen molar-refractivity contribution in [2.24, 2.45) is 0 Å². The van der Waals surface area contributed by atoms with Gasteiger partial charge >= 0.3 is 0 Å². The lowest BCUT2D eigenvalue weighted by molar-refractivity contribution is 0.151.